The van der Waals surface area contributed by atoms with Gasteiger partial charge in [-0.1, -0.05) is 47.1 Å². The van der Waals surface area contributed by atoms with Crippen LogP contribution in [-0.2, 0) is 0 Å². The molecule has 0 amide bonds. The Morgan fingerprint density at radius 2 is 2.04 bits per heavy atom. The number of tetrazole rings is 1. The molecule has 0 atom stereocenters. The quantitative estimate of drug-likeness (QED) is 0.511. The average molecular weight is 359 g/mol. The molecule has 0 saturated heterocycles. The number of hydrogen-bond acceptors (Lipinski definition) is 5. The van der Waals surface area contributed by atoms with Crippen LogP contribution in [0.2, 0.25) is 5.02 Å². The second kappa shape index (κ2) is 7.15. The molecule has 0 spiro atoms. The number of nitrogens with zero attached hydrogens (tertiary/aromatic N) is 4. The number of aromatic nitrogens is 4. The molecule has 0 bridgehead atoms. The molecule has 1 heterocycles. The van der Waals surface area contributed by atoms with E-state index >= 15 is 0 Å². The van der Waals surface area contributed by atoms with Crippen LogP contribution in [0.1, 0.15) is 21.5 Å². The molecule has 1 aromatic heterocycles. The first-order chi connectivity index (χ1) is 11.5. The van der Waals surface area contributed by atoms with Crippen molar-refractivity contribution in [3.05, 3.63) is 64.2 Å². The molecule has 0 aliphatic carbocycles. The molecule has 5 nitrogen and oxygen atoms in total. The number of halogens is 1. The van der Waals surface area contributed by atoms with Gasteiger partial charge in [0.1, 0.15) is 0 Å². The van der Waals surface area contributed by atoms with Crippen LogP contribution < -0.4 is 0 Å². The maximum atomic E-state index is 12.5. The topological polar surface area (TPSA) is 60.7 Å². The Labute approximate surface area is 149 Å². The van der Waals surface area contributed by atoms with E-state index in [1.165, 1.54) is 11.8 Å². The number of thioether (sulfide) groups is 1. The summed E-state index contributed by atoms with van der Waals surface area (Å²) in [6.07, 6.45) is 0. The predicted octanol–water partition coefficient (Wildman–Crippen LogP) is 3.91. The third-order valence-electron chi connectivity index (χ3n) is 3.52. The van der Waals surface area contributed by atoms with Crippen LogP contribution in [0.25, 0.3) is 5.69 Å². The Kier molecular flexibility index (Phi) is 4.97. The molecule has 122 valence electrons. The van der Waals surface area contributed by atoms with Crippen LogP contribution in [-0.4, -0.2) is 31.7 Å². The Bertz CT molecular complexity index is 894. The maximum Gasteiger partial charge on any atom is 0.214 e. The van der Waals surface area contributed by atoms with E-state index in [2.05, 4.69) is 15.5 Å². The summed E-state index contributed by atoms with van der Waals surface area (Å²) in [6.45, 7) is 3.91. The molecular weight excluding hydrogens is 344 g/mol. The summed E-state index contributed by atoms with van der Waals surface area (Å²) in [5, 5.41) is 12.8. The van der Waals surface area contributed by atoms with E-state index < -0.39 is 0 Å². The van der Waals surface area contributed by atoms with Gasteiger partial charge in [-0.2, -0.15) is 4.68 Å². The van der Waals surface area contributed by atoms with E-state index in [9.17, 15) is 4.79 Å². The van der Waals surface area contributed by atoms with E-state index in [1.807, 2.05) is 44.2 Å². The van der Waals surface area contributed by atoms with Crippen molar-refractivity contribution >= 4 is 29.1 Å². The van der Waals surface area contributed by atoms with Gasteiger partial charge in [-0.15, -0.1) is 5.10 Å². The summed E-state index contributed by atoms with van der Waals surface area (Å²) in [5.74, 6) is 0.326. The van der Waals surface area contributed by atoms with Crippen LogP contribution in [0.3, 0.4) is 0 Å². The minimum Gasteiger partial charge on any atom is -0.293 e. The van der Waals surface area contributed by atoms with Gasteiger partial charge in [-0.25, -0.2) is 0 Å². The number of rotatable bonds is 5. The van der Waals surface area contributed by atoms with Gasteiger partial charge in [-0.05, 0) is 54.1 Å². The largest absolute Gasteiger partial charge is 0.293 e. The van der Waals surface area contributed by atoms with Gasteiger partial charge in [0.2, 0.25) is 5.16 Å². The van der Waals surface area contributed by atoms with E-state index in [4.69, 9.17) is 11.6 Å². The third-order valence-corrected chi connectivity index (χ3v) is 4.67. The lowest BCUT2D eigenvalue weighted by Crippen LogP contribution is -2.07. The van der Waals surface area contributed by atoms with Gasteiger partial charge >= 0.3 is 0 Å². The van der Waals surface area contributed by atoms with E-state index in [0.29, 0.717) is 10.2 Å². The van der Waals surface area contributed by atoms with Gasteiger partial charge in [0.15, 0.2) is 5.78 Å². The monoisotopic (exact) mass is 358 g/mol. The highest BCUT2D eigenvalue weighted by Gasteiger charge is 2.14. The van der Waals surface area contributed by atoms with Crippen LogP contribution in [0.5, 0.6) is 0 Å². The first-order valence-electron chi connectivity index (χ1n) is 7.32. The number of Topliss-reactive ketones (excluding diaryl/α,β-unsaturated/α-hetero) is 1. The van der Waals surface area contributed by atoms with Gasteiger partial charge in [-0.3, -0.25) is 4.79 Å². The van der Waals surface area contributed by atoms with Crippen molar-refractivity contribution < 1.29 is 4.79 Å². The Balaban J connectivity index is 1.77. The summed E-state index contributed by atoms with van der Waals surface area (Å²) in [5.41, 5.74) is 3.54. The lowest BCUT2D eigenvalue weighted by Gasteiger charge is -2.07. The molecule has 0 fully saturated rings. The van der Waals surface area contributed by atoms with Crippen molar-refractivity contribution in [2.24, 2.45) is 0 Å². The molecule has 7 heteroatoms. The highest BCUT2D eigenvalue weighted by molar-refractivity contribution is 7.99. The third kappa shape index (κ3) is 3.66. The normalized spacial score (nSPS) is 10.8. The summed E-state index contributed by atoms with van der Waals surface area (Å²) in [6, 6.07) is 13.1. The Morgan fingerprint density at radius 1 is 1.21 bits per heavy atom. The molecule has 0 aliphatic heterocycles. The summed E-state index contributed by atoms with van der Waals surface area (Å²) >= 11 is 7.32. The first-order valence-corrected chi connectivity index (χ1v) is 8.68. The van der Waals surface area contributed by atoms with Crippen molar-refractivity contribution in [3.63, 3.8) is 0 Å². The second-order valence-corrected chi connectivity index (χ2v) is 6.76. The van der Waals surface area contributed by atoms with Crippen molar-refractivity contribution in [2.45, 2.75) is 19.0 Å². The van der Waals surface area contributed by atoms with Crippen LogP contribution in [0.15, 0.2) is 47.6 Å². The van der Waals surface area contributed by atoms with E-state index in [-0.39, 0.29) is 11.5 Å². The number of benzene rings is 2. The fourth-order valence-corrected chi connectivity index (χ4v) is 3.24. The SMILES string of the molecule is Cc1ccc(C)c(C(=O)CSc2nnnn2-c2cccc(Cl)c2)c1. The van der Waals surface area contributed by atoms with E-state index in [1.54, 1.807) is 16.8 Å². The lowest BCUT2D eigenvalue weighted by atomic mass is 10.0. The standard InChI is InChI=1S/C17H15ClN4OS/c1-11-6-7-12(2)15(8-11)16(23)10-24-17-19-20-21-22(17)14-5-3-4-13(18)9-14/h3-9H,10H2,1-2H3. The van der Waals surface area contributed by atoms with Crippen LogP contribution in [0.4, 0.5) is 0 Å². The highest BCUT2D eigenvalue weighted by Crippen LogP contribution is 2.22. The molecule has 2 aromatic carbocycles. The van der Waals surface area contributed by atoms with E-state index in [0.717, 1.165) is 22.4 Å². The molecule has 3 aromatic rings. The van der Waals surface area contributed by atoms with Gasteiger partial charge in [0.25, 0.3) is 0 Å². The summed E-state index contributed by atoms with van der Waals surface area (Å²) in [7, 11) is 0. The number of carbonyl (C=O) groups excluding carboxylic acids is 1. The maximum absolute atomic E-state index is 12.5. The van der Waals surface area contributed by atoms with Gasteiger partial charge in [0.05, 0.1) is 11.4 Å². The minimum atomic E-state index is 0.0573. The molecule has 24 heavy (non-hydrogen) atoms. The predicted molar refractivity (Wildman–Crippen MR) is 95.1 cm³/mol. The minimum absolute atomic E-state index is 0.0573. The lowest BCUT2D eigenvalue weighted by molar-refractivity contribution is 0.102. The fourth-order valence-electron chi connectivity index (χ4n) is 2.28. The van der Waals surface area contributed by atoms with Crippen LogP contribution in [0, 0.1) is 13.8 Å². The Hall–Kier alpha value is -2.18. The van der Waals surface area contributed by atoms with Gasteiger partial charge in [0, 0.05) is 10.6 Å². The van der Waals surface area contributed by atoms with Crippen molar-refractivity contribution in [1.29, 1.82) is 0 Å². The smallest absolute Gasteiger partial charge is 0.214 e. The first kappa shape index (κ1) is 16.7. The zero-order valence-electron chi connectivity index (χ0n) is 13.2. The zero-order valence-corrected chi connectivity index (χ0v) is 14.8. The second-order valence-electron chi connectivity index (χ2n) is 5.38. The Morgan fingerprint density at radius 3 is 2.83 bits per heavy atom. The number of carbonyl (C=O) groups is 1. The highest BCUT2D eigenvalue weighted by atomic mass is 35.5. The molecule has 0 saturated carbocycles. The number of aryl methyl sites for hydroxylation is 2. The molecule has 0 unspecified atom stereocenters. The van der Waals surface area contributed by atoms with Crippen molar-refractivity contribution in [3.8, 4) is 5.69 Å². The average Bonchev–Trinajstić information content (AvgIpc) is 3.03. The summed E-state index contributed by atoms with van der Waals surface area (Å²) < 4.78 is 1.58. The van der Waals surface area contributed by atoms with Crippen LogP contribution >= 0.6 is 23.4 Å². The van der Waals surface area contributed by atoms with Crippen molar-refractivity contribution in [1.82, 2.24) is 20.2 Å². The fraction of sp³-hybridized carbons (Fsp3) is 0.176. The van der Waals surface area contributed by atoms with Crippen molar-refractivity contribution in [2.75, 3.05) is 5.75 Å². The number of ketones is 1. The molecule has 0 radical (unpaired) electrons. The molecule has 3 rings (SSSR count). The number of hydrogen-bond donors (Lipinski definition) is 0. The molecular formula is C17H15ClN4OS. The zero-order chi connectivity index (χ0) is 17.1. The molecule has 0 aliphatic rings. The summed E-state index contributed by atoms with van der Waals surface area (Å²) in [4.78, 5) is 12.5. The van der Waals surface area contributed by atoms with Gasteiger partial charge < -0.3 is 0 Å². The molecule has 0 N–H and O–H groups in total.